The predicted molar refractivity (Wildman–Crippen MR) is 57.2 cm³/mol. The minimum atomic E-state index is 0.0711. The van der Waals surface area contributed by atoms with E-state index in [-0.39, 0.29) is 6.01 Å². The van der Waals surface area contributed by atoms with Crippen LogP contribution in [0.15, 0.2) is 28.7 Å². The zero-order valence-electron chi connectivity index (χ0n) is 8.40. The van der Waals surface area contributed by atoms with E-state index < -0.39 is 0 Å². The normalized spacial score (nSPS) is 10.2. The summed E-state index contributed by atoms with van der Waals surface area (Å²) in [5, 5.41) is 10.2. The Morgan fingerprint density at radius 2 is 2.27 bits per heavy atom. The van der Waals surface area contributed by atoms with E-state index in [1.165, 1.54) is 5.56 Å². The van der Waals surface area contributed by atoms with Crippen LogP contribution in [0.1, 0.15) is 11.1 Å². The van der Waals surface area contributed by atoms with Gasteiger partial charge in [-0.3, -0.25) is 0 Å². The van der Waals surface area contributed by atoms with Crippen LogP contribution in [0.5, 0.6) is 0 Å². The van der Waals surface area contributed by atoms with Crippen molar-refractivity contribution in [3.63, 3.8) is 0 Å². The van der Waals surface area contributed by atoms with E-state index in [1.54, 1.807) is 0 Å². The molecule has 0 saturated heterocycles. The molecule has 1 heterocycles. The lowest BCUT2D eigenvalue weighted by Crippen LogP contribution is -1.99. The quantitative estimate of drug-likeness (QED) is 0.793. The average Bonchev–Trinajstić information content (AvgIpc) is 2.62. The molecule has 15 heavy (non-hydrogen) atoms. The van der Waals surface area contributed by atoms with E-state index in [1.807, 2.05) is 25.1 Å². The van der Waals surface area contributed by atoms with Gasteiger partial charge in [-0.2, -0.15) is 0 Å². The first-order chi connectivity index (χ1) is 7.24. The molecular weight excluding hydrogens is 192 g/mol. The van der Waals surface area contributed by atoms with Crippen LogP contribution in [0.2, 0.25) is 0 Å². The Kier molecular flexibility index (Phi) is 2.53. The molecule has 0 unspecified atom stereocenters. The fraction of sp³-hybridized carbons (Fsp3) is 0.200. The molecule has 0 aliphatic rings. The molecule has 5 nitrogen and oxygen atoms in total. The third-order valence-corrected chi connectivity index (χ3v) is 1.97. The first-order valence-corrected chi connectivity index (χ1v) is 4.62. The molecule has 0 saturated carbocycles. The molecule has 0 atom stereocenters. The molecule has 0 radical (unpaired) electrons. The lowest BCUT2D eigenvalue weighted by atomic mass is 10.1. The van der Waals surface area contributed by atoms with Crippen LogP contribution in [0, 0.1) is 6.92 Å². The number of nitrogens with two attached hydrogens (primary N) is 1. The SMILES string of the molecule is Cc1cccc(CNc2nnc(N)o2)c1. The molecule has 2 aromatic rings. The van der Waals surface area contributed by atoms with Crippen molar-refractivity contribution in [2.24, 2.45) is 0 Å². The molecule has 1 aromatic carbocycles. The first kappa shape index (κ1) is 9.51. The van der Waals surface area contributed by atoms with E-state index in [9.17, 15) is 0 Å². The summed E-state index contributed by atoms with van der Waals surface area (Å²) >= 11 is 0. The number of nitrogens with zero attached hydrogens (tertiary/aromatic N) is 2. The molecule has 0 bridgehead atoms. The molecule has 2 rings (SSSR count). The monoisotopic (exact) mass is 204 g/mol. The molecule has 0 aliphatic heterocycles. The van der Waals surface area contributed by atoms with Gasteiger partial charge < -0.3 is 15.5 Å². The Balaban J connectivity index is 1.99. The highest BCUT2D eigenvalue weighted by atomic mass is 16.4. The highest BCUT2D eigenvalue weighted by Crippen LogP contribution is 2.09. The topological polar surface area (TPSA) is 77.0 Å². The minimum absolute atomic E-state index is 0.0711. The zero-order valence-corrected chi connectivity index (χ0v) is 8.40. The van der Waals surface area contributed by atoms with Crippen molar-refractivity contribution >= 4 is 12.0 Å². The van der Waals surface area contributed by atoms with Crippen molar-refractivity contribution < 1.29 is 4.42 Å². The molecule has 1 aromatic heterocycles. The second-order valence-electron chi connectivity index (χ2n) is 3.29. The molecular formula is C10H12N4O. The van der Waals surface area contributed by atoms with Gasteiger partial charge in [-0.25, -0.2) is 0 Å². The van der Waals surface area contributed by atoms with Crippen molar-refractivity contribution in [3.05, 3.63) is 35.4 Å². The van der Waals surface area contributed by atoms with Crippen LogP contribution >= 0.6 is 0 Å². The molecule has 0 aliphatic carbocycles. The maximum Gasteiger partial charge on any atom is 0.317 e. The number of rotatable bonds is 3. The number of aryl methyl sites for hydroxylation is 1. The summed E-state index contributed by atoms with van der Waals surface area (Å²) in [5.41, 5.74) is 7.67. The maximum absolute atomic E-state index is 5.29. The number of nitrogen functional groups attached to an aromatic ring is 1. The van der Waals surface area contributed by atoms with Gasteiger partial charge in [0.25, 0.3) is 0 Å². The van der Waals surface area contributed by atoms with Crippen molar-refractivity contribution in [1.29, 1.82) is 0 Å². The van der Waals surface area contributed by atoms with Crippen molar-refractivity contribution in [2.75, 3.05) is 11.1 Å². The van der Waals surface area contributed by atoms with Gasteiger partial charge in [-0.05, 0) is 12.5 Å². The average molecular weight is 204 g/mol. The Labute approximate surface area is 87.3 Å². The van der Waals surface area contributed by atoms with Crippen molar-refractivity contribution in [2.45, 2.75) is 13.5 Å². The van der Waals surface area contributed by atoms with Gasteiger partial charge in [0.1, 0.15) is 0 Å². The highest BCUT2D eigenvalue weighted by Gasteiger charge is 2.01. The van der Waals surface area contributed by atoms with Crippen LogP contribution in [0.25, 0.3) is 0 Å². The van der Waals surface area contributed by atoms with E-state index in [0.29, 0.717) is 12.6 Å². The van der Waals surface area contributed by atoms with Crippen LogP contribution in [-0.4, -0.2) is 10.2 Å². The fourth-order valence-corrected chi connectivity index (χ4v) is 1.31. The van der Waals surface area contributed by atoms with Gasteiger partial charge in [-0.1, -0.05) is 40.0 Å². The minimum Gasteiger partial charge on any atom is -0.390 e. The summed E-state index contributed by atoms with van der Waals surface area (Å²) < 4.78 is 4.98. The van der Waals surface area contributed by atoms with E-state index in [2.05, 4.69) is 21.6 Å². The van der Waals surface area contributed by atoms with Gasteiger partial charge >= 0.3 is 12.0 Å². The Morgan fingerprint density at radius 3 is 2.93 bits per heavy atom. The van der Waals surface area contributed by atoms with E-state index >= 15 is 0 Å². The smallest absolute Gasteiger partial charge is 0.317 e. The van der Waals surface area contributed by atoms with Gasteiger partial charge in [0.2, 0.25) is 0 Å². The largest absolute Gasteiger partial charge is 0.390 e. The molecule has 0 spiro atoms. The number of hydrogen-bond donors (Lipinski definition) is 2. The second-order valence-corrected chi connectivity index (χ2v) is 3.29. The Hall–Kier alpha value is -2.04. The third kappa shape index (κ3) is 2.46. The van der Waals surface area contributed by atoms with Crippen molar-refractivity contribution in [3.8, 4) is 0 Å². The molecule has 0 fully saturated rings. The van der Waals surface area contributed by atoms with Gasteiger partial charge in [0.05, 0.1) is 0 Å². The number of nitrogens with one attached hydrogen (secondary N) is 1. The van der Waals surface area contributed by atoms with E-state index in [0.717, 1.165) is 5.56 Å². The fourth-order valence-electron chi connectivity index (χ4n) is 1.31. The summed E-state index contributed by atoms with van der Waals surface area (Å²) in [6.07, 6.45) is 0. The molecule has 0 amide bonds. The lowest BCUT2D eigenvalue weighted by Gasteiger charge is -2.02. The van der Waals surface area contributed by atoms with Crippen LogP contribution in [0.3, 0.4) is 0 Å². The summed E-state index contributed by atoms with van der Waals surface area (Å²) in [5.74, 6) is 0. The zero-order chi connectivity index (χ0) is 10.7. The summed E-state index contributed by atoms with van der Waals surface area (Å²) in [4.78, 5) is 0. The molecule has 3 N–H and O–H groups in total. The summed E-state index contributed by atoms with van der Waals surface area (Å²) in [6, 6.07) is 8.59. The van der Waals surface area contributed by atoms with Crippen molar-refractivity contribution in [1.82, 2.24) is 10.2 Å². The standard InChI is InChI=1S/C10H12N4O/c1-7-3-2-4-8(5-7)6-12-10-14-13-9(11)15-10/h2-5H,6H2,1H3,(H2,11,13)(H,12,14). The number of benzene rings is 1. The number of anilines is 2. The third-order valence-electron chi connectivity index (χ3n) is 1.97. The van der Waals surface area contributed by atoms with Crippen LogP contribution < -0.4 is 11.1 Å². The number of hydrogen-bond acceptors (Lipinski definition) is 5. The Bertz CT molecular complexity index is 452. The highest BCUT2D eigenvalue weighted by molar-refractivity contribution is 5.28. The molecule has 78 valence electrons. The van der Waals surface area contributed by atoms with E-state index in [4.69, 9.17) is 10.2 Å². The van der Waals surface area contributed by atoms with Crippen LogP contribution in [0.4, 0.5) is 12.0 Å². The maximum atomic E-state index is 5.29. The van der Waals surface area contributed by atoms with Gasteiger partial charge in [-0.15, -0.1) is 0 Å². The summed E-state index contributed by atoms with van der Waals surface area (Å²) in [7, 11) is 0. The van der Waals surface area contributed by atoms with Gasteiger partial charge in [0, 0.05) is 6.54 Å². The lowest BCUT2D eigenvalue weighted by molar-refractivity contribution is 0.586. The Morgan fingerprint density at radius 1 is 1.40 bits per heavy atom. The summed E-state index contributed by atoms with van der Waals surface area (Å²) in [6.45, 7) is 2.69. The molecule has 5 heteroatoms. The van der Waals surface area contributed by atoms with Gasteiger partial charge in [0.15, 0.2) is 0 Å². The predicted octanol–water partition coefficient (Wildman–Crippen LogP) is 1.57. The van der Waals surface area contributed by atoms with Crippen LogP contribution in [-0.2, 0) is 6.54 Å². The second kappa shape index (κ2) is 4.00. The number of aromatic nitrogens is 2. The first-order valence-electron chi connectivity index (χ1n) is 4.62.